The summed E-state index contributed by atoms with van der Waals surface area (Å²) in [6.07, 6.45) is 1.08. The summed E-state index contributed by atoms with van der Waals surface area (Å²) in [7, 11) is 0. The van der Waals surface area contributed by atoms with E-state index < -0.39 is 17.4 Å². The van der Waals surface area contributed by atoms with Crippen molar-refractivity contribution in [3.63, 3.8) is 0 Å². The lowest BCUT2D eigenvalue weighted by Crippen LogP contribution is -2.33. The summed E-state index contributed by atoms with van der Waals surface area (Å²) in [5.41, 5.74) is 4.70. The van der Waals surface area contributed by atoms with E-state index in [0.29, 0.717) is 17.5 Å². The number of aromatic hydroxyl groups is 1. The van der Waals surface area contributed by atoms with Crippen molar-refractivity contribution in [2.45, 2.75) is 25.7 Å². The summed E-state index contributed by atoms with van der Waals surface area (Å²) in [6.45, 7) is 0. The van der Waals surface area contributed by atoms with Gasteiger partial charge in [0.15, 0.2) is 0 Å². The smallest absolute Gasteiger partial charge is 0.303 e. The van der Waals surface area contributed by atoms with Crippen molar-refractivity contribution in [3.8, 4) is 5.88 Å². The van der Waals surface area contributed by atoms with Crippen LogP contribution in [0, 0.1) is 0 Å². The number of anilines is 1. The highest BCUT2D eigenvalue weighted by molar-refractivity contribution is 5.66. The van der Waals surface area contributed by atoms with Crippen molar-refractivity contribution in [1.82, 2.24) is 9.66 Å². The molecule has 0 atom stereocenters. The molecule has 8 heteroatoms. The van der Waals surface area contributed by atoms with Crippen LogP contribution in [-0.2, 0) is 11.2 Å². The summed E-state index contributed by atoms with van der Waals surface area (Å²) in [5, 5.41) is 17.9. The summed E-state index contributed by atoms with van der Waals surface area (Å²) < 4.78 is 0.645. The maximum atomic E-state index is 11.6. The van der Waals surface area contributed by atoms with Crippen LogP contribution in [0.2, 0.25) is 0 Å². The minimum Gasteiger partial charge on any atom is -0.493 e. The number of aliphatic carboxylic acids is 1. The molecule has 0 fully saturated rings. The largest absolute Gasteiger partial charge is 0.493 e. The SMILES string of the molecule is Nc1nc(O)c(CCCCC(=O)O)c(=O)n1N. The van der Waals surface area contributed by atoms with Gasteiger partial charge < -0.3 is 21.8 Å². The van der Waals surface area contributed by atoms with Crippen molar-refractivity contribution in [1.29, 1.82) is 0 Å². The minimum atomic E-state index is -0.902. The second-order valence-electron chi connectivity index (χ2n) is 3.55. The molecule has 1 aromatic heterocycles. The molecule has 0 radical (unpaired) electrons. The van der Waals surface area contributed by atoms with Crippen molar-refractivity contribution < 1.29 is 15.0 Å². The molecule has 8 nitrogen and oxygen atoms in total. The van der Waals surface area contributed by atoms with Gasteiger partial charge >= 0.3 is 5.97 Å². The molecule has 94 valence electrons. The topological polar surface area (TPSA) is 144 Å². The van der Waals surface area contributed by atoms with Gasteiger partial charge in [-0.25, -0.2) is 0 Å². The second kappa shape index (κ2) is 5.19. The lowest BCUT2D eigenvalue weighted by molar-refractivity contribution is -0.137. The van der Waals surface area contributed by atoms with Gasteiger partial charge in [0.25, 0.3) is 5.56 Å². The van der Waals surface area contributed by atoms with Gasteiger partial charge in [-0.05, 0) is 19.3 Å². The number of hydrogen-bond acceptors (Lipinski definition) is 6. The zero-order valence-corrected chi connectivity index (χ0v) is 9.09. The van der Waals surface area contributed by atoms with Crippen LogP contribution in [0.5, 0.6) is 5.88 Å². The number of unbranched alkanes of at least 4 members (excludes halogenated alkanes) is 1. The predicted octanol–water partition coefficient (Wildman–Crippen LogP) is -0.958. The Balaban J connectivity index is 2.75. The average Bonchev–Trinajstić information content (AvgIpc) is 2.24. The molecule has 1 aromatic rings. The fourth-order valence-electron chi connectivity index (χ4n) is 1.37. The van der Waals surface area contributed by atoms with Crippen LogP contribution < -0.4 is 17.1 Å². The van der Waals surface area contributed by atoms with Gasteiger partial charge in [0.1, 0.15) is 0 Å². The number of nitrogens with zero attached hydrogens (tertiary/aromatic N) is 2. The Kier molecular flexibility index (Phi) is 3.91. The Bertz CT molecular complexity index is 483. The zero-order chi connectivity index (χ0) is 13.0. The molecule has 0 aromatic carbocycles. The maximum Gasteiger partial charge on any atom is 0.303 e. The number of nitrogen functional groups attached to an aromatic ring is 2. The van der Waals surface area contributed by atoms with Crippen molar-refractivity contribution in [2.75, 3.05) is 11.6 Å². The fourth-order valence-corrected chi connectivity index (χ4v) is 1.37. The molecule has 0 unspecified atom stereocenters. The number of rotatable bonds is 5. The number of hydrogen-bond donors (Lipinski definition) is 4. The van der Waals surface area contributed by atoms with Crippen LogP contribution in [0.15, 0.2) is 4.79 Å². The first-order chi connectivity index (χ1) is 7.93. The Morgan fingerprint density at radius 2 is 2.06 bits per heavy atom. The third kappa shape index (κ3) is 3.10. The number of carboxylic acids is 1. The highest BCUT2D eigenvalue weighted by Crippen LogP contribution is 2.13. The molecule has 1 rings (SSSR count). The van der Waals surface area contributed by atoms with Crippen LogP contribution in [0.3, 0.4) is 0 Å². The summed E-state index contributed by atoms with van der Waals surface area (Å²) in [5.74, 6) is 3.68. The lowest BCUT2D eigenvalue weighted by atomic mass is 10.1. The molecule has 0 amide bonds. The number of nitrogens with two attached hydrogens (primary N) is 2. The van der Waals surface area contributed by atoms with E-state index >= 15 is 0 Å². The van der Waals surface area contributed by atoms with E-state index in [9.17, 15) is 14.7 Å². The highest BCUT2D eigenvalue weighted by Gasteiger charge is 2.12. The average molecular weight is 242 g/mol. The first-order valence-electron chi connectivity index (χ1n) is 5.00. The molecule has 0 aliphatic rings. The first kappa shape index (κ1) is 12.8. The molecule has 0 spiro atoms. The van der Waals surface area contributed by atoms with Crippen molar-refractivity contribution >= 4 is 11.9 Å². The van der Waals surface area contributed by atoms with Crippen molar-refractivity contribution in [2.24, 2.45) is 0 Å². The Morgan fingerprint density at radius 1 is 1.41 bits per heavy atom. The normalized spacial score (nSPS) is 10.4. The van der Waals surface area contributed by atoms with Crippen LogP contribution in [0.25, 0.3) is 0 Å². The summed E-state index contributed by atoms with van der Waals surface area (Å²) in [6, 6.07) is 0. The van der Waals surface area contributed by atoms with Crippen LogP contribution >= 0.6 is 0 Å². The summed E-state index contributed by atoms with van der Waals surface area (Å²) >= 11 is 0. The molecule has 0 aliphatic carbocycles. The maximum absolute atomic E-state index is 11.6. The number of aromatic nitrogens is 2. The van der Waals surface area contributed by atoms with E-state index in [4.69, 9.17) is 16.7 Å². The molecule has 1 heterocycles. The van der Waals surface area contributed by atoms with E-state index in [1.54, 1.807) is 0 Å². The van der Waals surface area contributed by atoms with E-state index in [1.807, 2.05) is 0 Å². The van der Waals surface area contributed by atoms with Gasteiger partial charge in [0, 0.05) is 6.42 Å². The van der Waals surface area contributed by atoms with Crippen molar-refractivity contribution in [3.05, 3.63) is 15.9 Å². The predicted molar refractivity (Wildman–Crippen MR) is 59.9 cm³/mol. The van der Waals surface area contributed by atoms with Gasteiger partial charge in [-0.2, -0.15) is 9.66 Å². The van der Waals surface area contributed by atoms with Crippen LogP contribution in [0.1, 0.15) is 24.8 Å². The number of carbonyl (C=O) groups is 1. The highest BCUT2D eigenvalue weighted by atomic mass is 16.4. The van der Waals surface area contributed by atoms with Gasteiger partial charge in [0.05, 0.1) is 5.56 Å². The van der Waals surface area contributed by atoms with Gasteiger partial charge in [0.2, 0.25) is 11.8 Å². The number of carboxylic acid groups (broad SMARTS) is 1. The first-order valence-corrected chi connectivity index (χ1v) is 5.00. The van der Waals surface area contributed by atoms with E-state index in [2.05, 4.69) is 4.98 Å². The molecule has 0 saturated carbocycles. The third-order valence-corrected chi connectivity index (χ3v) is 2.28. The molecule has 17 heavy (non-hydrogen) atoms. The monoisotopic (exact) mass is 242 g/mol. The minimum absolute atomic E-state index is 0.0139. The van der Waals surface area contributed by atoms with Gasteiger partial charge in [-0.15, -0.1) is 0 Å². The Labute approximate surface area is 96.5 Å². The Morgan fingerprint density at radius 3 is 2.65 bits per heavy atom. The molecule has 0 saturated heterocycles. The molecule has 6 N–H and O–H groups in total. The third-order valence-electron chi connectivity index (χ3n) is 2.28. The summed E-state index contributed by atoms with van der Waals surface area (Å²) in [4.78, 5) is 25.4. The van der Waals surface area contributed by atoms with Crippen LogP contribution in [-0.4, -0.2) is 25.8 Å². The van der Waals surface area contributed by atoms with E-state index in [0.717, 1.165) is 0 Å². The zero-order valence-electron chi connectivity index (χ0n) is 9.09. The Hall–Kier alpha value is -2.25. The lowest BCUT2D eigenvalue weighted by Gasteiger charge is -2.07. The van der Waals surface area contributed by atoms with E-state index in [-0.39, 0.29) is 24.4 Å². The molecule has 0 bridgehead atoms. The van der Waals surface area contributed by atoms with Gasteiger partial charge in [-0.3, -0.25) is 9.59 Å². The molecular formula is C9H14N4O4. The van der Waals surface area contributed by atoms with E-state index in [1.165, 1.54) is 0 Å². The quantitative estimate of drug-likeness (QED) is 0.384. The van der Waals surface area contributed by atoms with Gasteiger partial charge in [-0.1, -0.05) is 0 Å². The fraction of sp³-hybridized carbons (Fsp3) is 0.444. The van der Waals surface area contributed by atoms with Crippen LogP contribution in [0.4, 0.5) is 5.95 Å². The molecule has 0 aliphatic heterocycles. The molecular weight excluding hydrogens is 228 g/mol. The standard InChI is InChI=1S/C9H14N4O4/c10-9-12-7(16)5(8(17)13(9)11)3-1-2-4-6(14)15/h16H,1-4,11H2,(H2,10,12)(H,14,15). The second-order valence-corrected chi connectivity index (χ2v) is 3.55.